The lowest BCUT2D eigenvalue weighted by Gasteiger charge is -2.09. The Morgan fingerprint density at radius 3 is 2.60 bits per heavy atom. The van der Waals surface area contributed by atoms with Gasteiger partial charge in [0.15, 0.2) is 0 Å². The number of ether oxygens (including phenoxy) is 1. The van der Waals surface area contributed by atoms with Crippen molar-refractivity contribution < 1.29 is 13.7 Å². The Morgan fingerprint density at radius 2 is 1.90 bits per heavy atom. The van der Waals surface area contributed by atoms with Crippen molar-refractivity contribution in [2.75, 3.05) is 5.73 Å². The standard InChI is InChI=1S/C20H17N5O2S.H2OS/c1-11-24-17(15-16(21)18(19(22)26)28-20(15)25-11)13-7-14(9-23-8-13)27-10-12-5-3-2-4-6-12;1-2/h2-9H,10,21H2,1H3,(H2,22,26);2H2. The zero-order valence-electron chi connectivity index (χ0n) is 16.0. The Bertz CT molecular complexity index is 1200. The second-order valence-corrected chi connectivity index (χ2v) is 7.19. The lowest BCUT2D eigenvalue weighted by Crippen LogP contribution is -2.10. The highest BCUT2D eigenvalue weighted by atomic mass is 32.1. The number of benzene rings is 1. The third-order valence-corrected chi connectivity index (χ3v) is 5.27. The van der Waals surface area contributed by atoms with Crippen LogP contribution >= 0.6 is 11.3 Å². The number of carbonyl (C=O) groups is 1. The number of amides is 1. The molecule has 10 heteroatoms. The van der Waals surface area contributed by atoms with E-state index in [9.17, 15) is 4.79 Å². The van der Waals surface area contributed by atoms with Gasteiger partial charge in [-0.2, -0.15) is 0 Å². The van der Waals surface area contributed by atoms with E-state index in [2.05, 4.69) is 15.0 Å². The number of primary amides is 1. The van der Waals surface area contributed by atoms with Crippen molar-refractivity contribution in [2.45, 2.75) is 13.5 Å². The molecule has 0 radical (unpaired) electrons. The van der Waals surface area contributed by atoms with Crippen LogP contribution in [0.5, 0.6) is 5.75 Å². The van der Waals surface area contributed by atoms with Gasteiger partial charge in [-0.3, -0.25) is 14.0 Å². The molecule has 4 N–H and O–H groups in total. The summed E-state index contributed by atoms with van der Waals surface area (Å²) < 4.78 is 13.9. The van der Waals surface area contributed by atoms with Crippen LogP contribution in [-0.2, 0) is 19.1 Å². The number of thiophene rings is 1. The summed E-state index contributed by atoms with van der Waals surface area (Å²) in [6, 6.07) is 11.7. The van der Waals surface area contributed by atoms with E-state index in [1.165, 1.54) is 0 Å². The van der Waals surface area contributed by atoms with Gasteiger partial charge in [-0.25, -0.2) is 9.97 Å². The average Bonchev–Trinajstić information content (AvgIpc) is 3.10. The molecule has 3 heterocycles. The number of carbonyl (C=O) groups excluding carboxylic acids is 1. The Hall–Kier alpha value is -3.37. The van der Waals surface area contributed by atoms with Crippen LogP contribution in [0.15, 0.2) is 48.8 Å². The number of nitrogens with zero attached hydrogens (tertiary/aromatic N) is 3. The summed E-state index contributed by atoms with van der Waals surface area (Å²) in [6.45, 7) is 2.21. The first-order valence-corrected chi connectivity index (χ1v) is 9.94. The summed E-state index contributed by atoms with van der Waals surface area (Å²) in [5.41, 5.74) is 14.3. The molecule has 0 aliphatic rings. The molecule has 0 saturated heterocycles. The second kappa shape index (κ2) is 9.42. The molecular weight excluding hydrogens is 422 g/mol. The minimum Gasteiger partial charge on any atom is -0.487 e. The smallest absolute Gasteiger partial charge is 0.260 e. The van der Waals surface area contributed by atoms with Gasteiger partial charge in [-0.1, -0.05) is 30.3 Å². The van der Waals surface area contributed by atoms with Gasteiger partial charge in [-0.05, 0) is 31.1 Å². The molecule has 30 heavy (non-hydrogen) atoms. The number of nitrogens with two attached hydrogens (primary N) is 2. The normalized spacial score (nSPS) is 10.3. The van der Waals surface area contributed by atoms with E-state index in [1.54, 1.807) is 31.9 Å². The van der Waals surface area contributed by atoms with Gasteiger partial charge >= 0.3 is 0 Å². The van der Waals surface area contributed by atoms with Crippen LogP contribution in [0.3, 0.4) is 0 Å². The molecule has 0 spiro atoms. The average molecular weight is 442 g/mol. The van der Waals surface area contributed by atoms with Gasteiger partial charge in [0, 0.05) is 11.8 Å². The van der Waals surface area contributed by atoms with Crippen molar-refractivity contribution in [2.24, 2.45) is 5.73 Å². The zero-order chi connectivity index (χ0) is 21.7. The van der Waals surface area contributed by atoms with Gasteiger partial charge < -0.3 is 16.2 Å². The number of hydrogen-bond acceptors (Lipinski definition) is 8. The van der Waals surface area contributed by atoms with Crippen LogP contribution in [0, 0.1) is 6.92 Å². The molecule has 0 aliphatic heterocycles. The molecule has 0 aliphatic carbocycles. The Balaban J connectivity index is 0.00000124. The summed E-state index contributed by atoms with van der Waals surface area (Å²) in [4.78, 5) is 25.8. The number of rotatable bonds is 5. The summed E-state index contributed by atoms with van der Waals surface area (Å²) in [5, 5.41) is 0.603. The Morgan fingerprint density at radius 1 is 1.17 bits per heavy atom. The van der Waals surface area contributed by atoms with Crippen LogP contribution in [0.4, 0.5) is 5.69 Å². The topological polar surface area (TPSA) is 134 Å². The Kier molecular flexibility index (Phi) is 6.70. The first-order chi connectivity index (χ1) is 14.5. The highest BCUT2D eigenvalue weighted by Crippen LogP contribution is 2.38. The van der Waals surface area contributed by atoms with Crippen molar-refractivity contribution in [1.29, 1.82) is 0 Å². The monoisotopic (exact) mass is 441 g/mol. The van der Waals surface area contributed by atoms with Crippen LogP contribution in [-0.4, -0.2) is 25.1 Å². The maximum atomic E-state index is 11.7. The van der Waals surface area contributed by atoms with Gasteiger partial charge in [0.1, 0.15) is 27.9 Å². The zero-order valence-corrected chi connectivity index (χ0v) is 17.8. The van der Waals surface area contributed by atoms with E-state index >= 15 is 0 Å². The van der Waals surface area contributed by atoms with Gasteiger partial charge in [0.05, 0.1) is 23.0 Å². The van der Waals surface area contributed by atoms with Gasteiger partial charge in [-0.15, -0.1) is 11.3 Å². The molecule has 4 aromatic rings. The van der Waals surface area contributed by atoms with Crippen molar-refractivity contribution in [3.63, 3.8) is 0 Å². The van der Waals surface area contributed by atoms with E-state index in [-0.39, 0.29) is 10.6 Å². The van der Waals surface area contributed by atoms with Crippen molar-refractivity contribution in [3.05, 3.63) is 65.1 Å². The molecular formula is C20H19N5O3S2. The van der Waals surface area contributed by atoms with E-state index in [4.69, 9.17) is 20.4 Å². The van der Waals surface area contributed by atoms with E-state index in [0.29, 0.717) is 34.1 Å². The number of hydrogen-bond donors (Lipinski definition) is 2. The van der Waals surface area contributed by atoms with Crippen LogP contribution in [0.1, 0.15) is 21.1 Å². The number of aryl methyl sites for hydroxylation is 1. The SMILES string of the molecule is Cc1nc(-c2cncc(OCc3ccccc3)c2)c2c(N)c(C(N)=O)sc2n1.O=[SH2]. The molecule has 1 amide bonds. The maximum absolute atomic E-state index is 11.7. The minimum atomic E-state index is -0.581. The molecule has 3 aromatic heterocycles. The summed E-state index contributed by atoms with van der Waals surface area (Å²) in [5.74, 6) is 0.590. The molecule has 154 valence electrons. The van der Waals surface area contributed by atoms with E-state index < -0.39 is 5.91 Å². The Labute approximate surface area is 181 Å². The lowest BCUT2D eigenvalue weighted by molar-refractivity contribution is 0.100. The fraction of sp³-hybridized carbons (Fsp3) is 0.100. The third kappa shape index (κ3) is 4.44. The third-order valence-electron chi connectivity index (χ3n) is 4.16. The van der Waals surface area contributed by atoms with Gasteiger partial charge in [0.2, 0.25) is 0 Å². The number of pyridine rings is 1. The lowest BCUT2D eigenvalue weighted by atomic mass is 10.1. The van der Waals surface area contributed by atoms with Crippen molar-refractivity contribution in [3.8, 4) is 17.0 Å². The molecule has 0 unspecified atom stereocenters. The number of fused-ring (bicyclic) bond motifs is 1. The van der Waals surface area contributed by atoms with Crippen LogP contribution in [0.25, 0.3) is 21.5 Å². The highest BCUT2D eigenvalue weighted by molar-refractivity contribution is 7.44. The quantitative estimate of drug-likeness (QED) is 0.486. The second-order valence-electron chi connectivity index (χ2n) is 6.19. The minimum absolute atomic E-state index is 0.278. The van der Waals surface area contributed by atoms with Crippen LogP contribution < -0.4 is 16.2 Å². The van der Waals surface area contributed by atoms with Crippen LogP contribution in [0.2, 0.25) is 0 Å². The van der Waals surface area contributed by atoms with Gasteiger partial charge in [0.25, 0.3) is 5.91 Å². The first-order valence-electron chi connectivity index (χ1n) is 8.72. The largest absolute Gasteiger partial charge is 0.487 e. The van der Waals surface area contributed by atoms with Crippen molar-refractivity contribution in [1.82, 2.24) is 15.0 Å². The number of aromatic nitrogens is 3. The predicted octanol–water partition coefficient (Wildman–Crippen LogP) is 2.45. The summed E-state index contributed by atoms with van der Waals surface area (Å²) >= 11 is 2.89. The number of nitrogen functional groups attached to an aromatic ring is 1. The summed E-state index contributed by atoms with van der Waals surface area (Å²) in [6.07, 6.45) is 3.32. The fourth-order valence-electron chi connectivity index (χ4n) is 2.89. The first kappa shape index (κ1) is 21.3. The molecule has 1 aromatic carbocycles. The molecule has 8 nitrogen and oxygen atoms in total. The molecule has 0 bridgehead atoms. The van der Waals surface area contributed by atoms with E-state index in [0.717, 1.165) is 22.5 Å². The number of anilines is 1. The molecule has 0 atom stereocenters. The maximum Gasteiger partial charge on any atom is 0.260 e. The molecule has 0 saturated carbocycles. The predicted molar refractivity (Wildman–Crippen MR) is 120 cm³/mol. The molecule has 4 rings (SSSR count). The van der Waals surface area contributed by atoms with E-state index in [1.807, 2.05) is 36.4 Å². The van der Waals surface area contributed by atoms with Crippen molar-refractivity contribution >= 4 is 45.7 Å². The highest BCUT2D eigenvalue weighted by Gasteiger charge is 2.20. The molecule has 0 fully saturated rings. The fourth-order valence-corrected chi connectivity index (χ4v) is 3.88. The summed E-state index contributed by atoms with van der Waals surface area (Å²) in [7, 11) is 0.